The van der Waals surface area contributed by atoms with Crippen molar-refractivity contribution in [1.82, 2.24) is 0 Å². The SMILES string of the molecule is Cc1cc2ccc1CCC2. The number of hydrogen-bond donors (Lipinski definition) is 0. The van der Waals surface area contributed by atoms with Gasteiger partial charge < -0.3 is 0 Å². The van der Waals surface area contributed by atoms with Gasteiger partial charge in [0.05, 0.1) is 0 Å². The van der Waals surface area contributed by atoms with Crippen LogP contribution < -0.4 is 0 Å². The number of fused-ring (bicyclic) bond motifs is 4. The lowest BCUT2D eigenvalue weighted by atomic mass is 10.1. The van der Waals surface area contributed by atoms with Crippen LogP contribution in [0.4, 0.5) is 0 Å². The molecule has 1 aromatic carbocycles. The lowest BCUT2D eigenvalue weighted by Gasteiger charge is -1.98. The largest absolute Gasteiger partial charge is 0.0588 e. The van der Waals surface area contributed by atoms with Crippen LogP contribution in [0.2, 0.25) is 0 Å². The van der Waals surface area contributed by atoms with Gasteiger partial charge in [0.15, 0.2) is 0 Å². The predicted octanol–water partition coefficient (Wildman–Crippen LogP) is 2.48. The average molecular weight is 132 g/mol. The van der Waals surface area contributed by atoms with Gasteiger partial charge >= 0.3 is 0 Å². The molecule has 0 spiro atoms. The minimum absolute atomic E-state index is 1.28. The molecule has 0 N–H and O–H groups in total. The molecule has 0 heteroatoms. The topological polar surface area (TPSA) is 0 Å². The summed E-state index contributed by atoms with van der Waals surface area (Å²) in [7, 11) is 0. The van der Waals surface area contributed by atoms with Crippen molar-refractivity contribution in [3.63, 3.8) is 0 Å². The fraction of sp³-hybridized carbons (Fsp3) is 0.400. The first-order valence-electron chi connectivity index (χ1n) is 3.95. The van der Waals surface area contributed by atoms with Crippen molar-refractivity contribution in [2.24, 2.45) is 0 Å². The molecule has 0 unspecified atom stereocenters. The molecule has 10 heavy (non-hydrogen) atoms. The number of aryl methyl sites for hydroxylation is 3. The second kappa shape index (κ2) is 2.12. The van der Waals surface area contributed by atoms with E-state index in [2.05, 4.69) is 25.1 Å². The molecule has 0 fully saturated rings. The van der Waals surface area contributed by atoms with Crippen LogP contribution in [-0.4, -0.2) is 0 Å². The number of benzene rings is 1. The second-order valence-electron chi connectivity index (χ2n) is 3.11. The van der Waals surface area contributed by atoms with E-state index in [-0.39, 0.29) is 0 Å². The minimum atomic E-state index is 1.28. The zero-order chi connectivity index (χ0) is 6.97. The molecule has 2 aliphatic rings. The maximum absolute atomic E-state index is 2.32. The minimum Gasteiger partial charge on any atom is -0.0588 e. The van der Waals surface area contributed by atoms with Gasteiger partial charge in [0.25, 0.3) is 0 Å². The first-order chi connectivity index (χ1) is 4.86. The van der Waals surface area contributed by atoms with Crippen molar-refractivity contribution < 1.29 is 0 Å². The molecule has 0 aromatic heterocycles. The van der Waals surface area contributed by atoms with E-state index in [0.717, 1.165) is 0 Å². The highest BCUT2D eigenvalue weighted by Gasteiger charge is 2.05. The molecule has 0 saturated heterocycles. The summed E-state index contributed by atoms with van der Waals surface area (Å²) in [6.07, 6.45) is 3.89. The first kappa shape index (κ1) is 5.96. The summed E-state index contributed by atoms with van der Waals surface area (Å²) >= 11 is 0. The highest BCUT2D eigenvalue weighted by Crippen LogP contribution is 2.19. The zero-order valence-corrected chi connectivity index (χ0v) is 6.35. The fourth-order valence-electron chi connectivity index (χ4n) is 1.68. The normalized spacial score (nSPS) is 15.3. The summed E-state index contributed by atoms with van der Waals surface area (Å²) in [4.78, 5) is 0. The Hall–Kier alpha value is -0.780. The van der Waals surface area contributed by atoms with Crippen molar-refractivity contribution in [3.8, 4) is 0 Å². The average Bonchev–Trinajstić information content (AvgIpc) is 2.20. The Morgan fingerprint density at radius 1 is 1.20 bits per heavy atom. The predicted molar refractivity (Wildman–Crippen MR) is 43.2 cm³/mol. The van der Waals surface area contributed by atoms with E-state index in [4.69, 9.17) is 0 Å². The monoisotopic (exact) mass is 132 g/mol. The molecule has 3 rings (SSSR count). The first-order valence-corrected chi connectivity index (χ1v) is 3.95. The van der Waals surface area contributed by atoms with Gasteiger partial charge in [-0.15, -0.1) is 0 Å². The number of rotatable bonds is 0. The van der Waals surface area contributed by atoms with Crippen LogP contribution >= 0.6 is 0 Å². The third-order valence-corrected chi connectivity index (χ3v) is 2.32. The molecule has 1 aromatic rings. The molecule has 0 radical (unpaired) electrons. The Balaban J connectivity index is 2.58. The van der Waals surface area contributed by atoms with Gasteiger partial charge in [0, 0.05) is 0 Å². The highest BCUT2D eigenvalue weighted by atomic mass is 14.1. The third-order valence-electron chi connectivity index (χ3n) is 2.32. The molecule has 2 aliphatic carbocycles. The molecule has 0 nitrogen and oxygen atoms in total. The van der Waals surface area contributed by atoms with Crippen molar-refractivity contribution in [3.05, 3.63) is 34.9 Å². The summed E-state index contributed by atoms with van der Waals surface area (Å²) in [5.41, 5.74) is 4.54. The van der Waals surface area contributed by atoms with E-state index in [0.29, 0.717) is 0 Å². The standard InChI is InChI=1S/C10H12/c1-8-7-9-3-2-4-10(8)6-5-9/h5-7H,2-4H2,1H3. The molecule has 2 bridgehead atoms. The summed E-state index contributed by atoms with van der Waals surface area (Å²) in [5, 5.41) is 0. The van der Waals surface area contributed by atoms with Crippen molar-refractivity contribution in [2.75, 3.05) is 0 Å². The smallest absolute Gasteiger partial charge is 0.0273 e. The molecule has 0 atom stereocenters. The van der Waals surface area contributed by atoms with Crippen LogP contribution in [0.15, 0.2) is 18.2 Å². The van der Waals surface area contributed by atoms with Gasteiger partial charge in [-0.3, -0.25) is 0 Å². The molecule has 0 aliphatic heterocycles. The Morgan fingerprint density at radius 2 is 2.10 bits per heavy atom. The van der Waals surface area contributed by atoms with E-state index < -0.39 is 0 Å². The lowest BCUT2D eigenvalue weighted by Crippen LogP contribution is -1.82. The second-order valence-corrected chi connectivity index (χ2v) is 3.11. The molecule has 0 heterocycles. The molecular formula is C10H12. The Morgan fingerprint density at radius 3 is 2.90 bits per heavy atom. The summed E-state index contributed by atoms with van der Waals surface area (Å²) < 4.78 is 0. The van der Waals surface area contributed by atoms with E-state index >= 15 is 0 Å². The van der Waals surface area contributed by atoms with Crippen molar-refractivity contribution in [1.29, 1.82) is 0 Å². The van der Waals surface area contributed by atoms with E-state index in [1.54, 1.807) is 5.56 Å². The van der Waals surface area contributed by atoms with Crippen LogP contribution in [-0.2, 0) is 12.8 Å². The van der Waals surface area contributed by atoms with Gasteiger partial charge in [-0.25, -0.2) is 0 Å². The van der Waals surface area contributed by atoms with Crippen LogP contribution in [0.25, 0.3) is 0 Å². The molecule has 0 saturated carbocycles. The van der Waals surface area contributed by atoms with Gasteiger partial charge in [0.2, 0.25) is 0 Å². The summed E-state index contributed by atoms with van der Waals surface area (Å²) in [5.74, 6) is 0. The van der Waals surface area contributed by atoms with Gasteiger partial charge in [-0.1, -0.05) is 18.2 Å². The van der Waals surface area contributed by atoms with Gasteiger partial charge in [-0.05, 0) is 42.9 Å². The molecular weight excluding hydrogens is 120 g/mol. The quantitative estimate of drug-likeness (QED) is 0.508. The Labute approximate surface area is 61.9 Å². The van der Waals surface area contributed by atoms with Gasteiger partial charge in [0.1, 0.15) is 0 Å². The van der Waals surface area contributed by atoms with Crippen LogP contribution in [0.1, 0.15) is 23.1 Å². The third kappa shape index (κ3) is 0.841. The maximum atomic E-state index is 2.32. The summed E-state index contributed by atoms with van der Waals surface area (Å²) in [6.45, 7) is 2.21. The van der Waals surface area contributed by atoms with Crippen LogP contribution in [0, 0.1) is 6.92 Å². The van der Waals surface area contributed by atoms with E-state index in [9.17, 15) is 0 Å². The van der Waals surface area contributed by atoms with Gasteiger partial charge in [-0.2, -0.15) is 0 Å². The Kier molecular flexibility index (Phi) is 1.26. The fourth-order valence-corrected chi connectivity index (χ4v) is 1.68. The highest BCUT2D eigenvalue weighted by molar-refractivity contribution is 5.33. The van der Waals surface area contributed by atoms with Crippen LogP contribution in [0.5, 0.6) is 0 Å². The maximum Gasteiger partial charge on any atom is -0.0273 e. The number of hydrogen-bond acceptors (Lipinski definition) is 0. The van der Waals surface area contributed by atoms with Crippen molar-refractivity contribution in [2.45, 2.75) is 26.2 Å². The Bertz CT molecular complexity index is 248. The molecule has 0 amide bonds. The zero-order valence-electron chi connectivity index (χ0n) is 6.35. The van der Waals surface area contributed by atoms with Crippen LogP contribution in [0.3, 0.4) is 0 Å². The van der Waals surface area contributed by atoms with E-state index in [1.165, 1.54) is 30.4 Å². The van der Waals surface area contributed by atoms with Crippen molar-refractivity contribution >= 4 is 0 Å². The molecule has 52 valence electrons. The summed E-state index contributed by atoms with van der Waals surface area (Å²) in [6, 6.07) is 6.86. The lowest BCUT2D eigenvalue weighted by molar-refractivity contribution is 0.841. The van der Waals surface area contributed by atoms with E-state index in [1.807, 2.05) is 0 Å².